The summed E-state index contributed by atoms with van der Waals surface area (Å²) in [6, 6.07) is 20.3. The average Bonchev–Trinajstić information content (AvgIpc) is 3.27. The van der Waals surface area contributed by atoms with Crippen LogP contribution >= 0.6 is 0 Å². The molecule has 31 heavy (non-hydrogen) atoms. The summed E-state index contributed by atoms with van der Waals surface area (Å²) in [5.41, 5.74) is 1.83. The number of ether oxygens (including phenoxy) is 2. The van der Waals surface area contributed by atoms with Crippen molar-refractivity contribution in [2.45, 2.75) is 18.4 Å². The Balaban J connectivity index is 1.45. The lowest BCUT2D eigenvalue weighted by atomic mass is 10.1. The lowest BCUT2D eigenvalue weighted by molar-refractivity contribution is 0.0951. The Bertz CT molecular complexity index is 1180. The average molecular weight is 439 g/mol. The maximum absolute atomic E-state index is 13.0. The third kappa shape index (κ3) is 4.34. The molecule has 0 atom stereocenters. The van der Waals surface area contributed by atoms with Gasteiger partial charge in [-0.15, -0.1) is 0 Å². The van der Waals surface area contributed by atoms with Crippen molar-refractivity contribution in [2.75, 3.05) is 17.6 Å². The van der Waals surface area contributed by atoms with Crippen molar-refractivity contribution in [3.05, 3.63) is 83.9 Å². The molecule has 1 aliphatic rings. The second kappa shape index (κ2) is 8.69. The lowest BCUT2D eigenvalue weighted by Crippen LogP contribution is -2.30. The molecule has 0 radical (unpaired) electrons. The number of hydrogen-bond acceptors (Lipinski definition) is 5. The molecule has 0 aromatic heterocycles. The second-order valence-corrected chi connectivity index (χ2v) is 8.76. The predicted octanol–water partition coefficient (Wildman–Crippen LogP) is 3.56. The summed E-state index contributed by atoms with van der Waals surface area (Å²) in [7, 11) is -3.68. The smallest absolute Gasteiger partial charge is 0.264 e. The Hall–Kier alpha value is -3.52. The summed E-state index contributed by atoms with van der Waals surface area (Å²) < 4.78 is 37.8. The number of carbonyl (C=O) groups excluding carboxylic acids is 1. The van der Waals surface area contributed by atoms with Crippen molar-refractivity contribution in [3.63, 3.8) is 0 Å². The molecule has 0 saturated heterocycles. The van der Waals surface area contributed by atoms with Crippen molar-refractivity contribution in [3.8, 4) is 11.5 Å². The van der Waals surface area contributed by atoms with Gasteiger partial charge in [-0.3, -0.25) is 9.10 Å². The summed E-state index contributed by atoms with van der Waals surface area (Å²) in [5, 5.41) is 2.86. The number of nitrogens with zero attached hydrogens (tertiary/aromatic N) is 1. The van der Waals surface area contributed by atoms with Crippen molar-refractivity contribution in [1.29, 1.82) is 0 Å². The van der Waals surface area contributed by atoms with Gasteiger partial charge in [-0.2, -0.15) is 0 Å². The van der Waals surface area contributed by atoms with E-state index in [0.717, 1.165) is 5.56 Å². The summed E-state index contributed by atoms with van der Waals surface area (Å²) in [4.78, 5) is 12.7. The highest BCUT2D eigenvalue weighted by atomic mass is 32.2. The second-order valence-electron chi connectivity index (χ2n) is 6.90. The lowest BCUT2D eigenvalue weighted by Gasteiger charge is -2.23. The van der Waals surface area contributed by atoms with Gasteiger partial charge in [-0.05, 0) is 61.0 Å². The first-order valence-corrected chi connectivity index (χ1v) is 11.3. The highest BCUT2D eigenvalue weighted by Gasteiger charge is 2.23. The Kier molecular flexibility index (Phi) is 5.81. The Morgan fingerprint density at radius 2 is 1.68 bits per heavy atom. The third-order valence-electron chi connectivity index (χ3n) is 4.93. The zero-order valence-corrected chi connectivity index (χ0v) is 17.8. The summed E-state index contributed by atoms with van der Waals surface area (Å²) in [6.45, 7) is 2.58. The fourth-order valence-corrected chi connectivity index (χ4v) is 4.82. The van der Waals surface area contributed by atoms with E-state index < -0.39 is 10.0 Å². The van der Waals surface area contributed by atoms with Crippen molar-refractivity contribution in [2.24, 2.45) is 0 Å². The number of rotatable bonds is 7. The molecule has 0 saturated carbocycles. The van der Waals surface area contributed by atoms with Crippen molar-refractivity contribution < 1.29 is 22.7 Å². The number of hydrogen-bond donors (Lipinski definition) is 1. The van der Waals surface area contributed by atoms with Crippen LogP contribution in [0, 0.1) is 0 Å². The highest BCUT2D eigenvalue weighted by molar-refractivity contribution is 7.92. The minimum absolute atomic E-state index is 0.201. The maximum atomic E-state index is 13.0. The molecular formula is C23H22N2O5S. The van der Waals surface area contributed by atoms with Gasteiger partial charge in [0.1, 0.15) is 0 Å². The molecule has 1 amide bonds. The van der Waals surface area contributed by atoms with E-state index in [0.29, 0.717) is 29.3 Å². The number of carbonyl (C=O) groups is 1. The molecule has 1 aliphatic heterocycles. The maximum Gasteiger partial charge on any atom is 0.264 e. The van der Waals surface area contributed by atoms with Gasteiger partial charge in [-0.1, -0.05) is 24.3 Å². The van der Waals surface area contributed by atoms with Crippen LogP contribution in [0.2, 0.25) is 0 Å². The molecule has 0 bridgehead atoms. The van der Waals surface area contributed by atoms with Crippen molar-refractivity contribution in [1.82, 2.24) is 5.32 Å². The SMILES string of the molecule is CCN(c1ccc(C(=O)NCc2ccc3c(c2)OCO3)cc1)S(=O)(=O)c1ccccc1. The summed E-state index contributed by atoms with van der Waals surface area (Å²) in [5.74, 6) is 1.10. The van der Waals surface area contributed by atoms with Gasteiger partial charge in [0.15, 0.2) is 11.5 Å². The van der Waals surface area contributed by atoms with Crippen LogP contribution in [0.1, 0.15) is 22.8 Å². The molecule has 1 N–H and O–H groups in total. The van der Waals surface area contributed by atoms with Gasteiger partial charge >= 0.3 is 0 Å². The van der Waals surface area contributed by atoms with Crippen LogP contribution in [0.25, 0.3) is 0 Å². The number of fused-ring (bicyclic) bond motifs is 1. The van der Waals surface area contributed by atoms with E-state index in [2.05, 4.69) is 5.32 Å². The van der Waals surface area contributed by atoms with Crippen LogP contribution in [0.3, 0.4) is 0 Å². The molecule has 160 valence electrons. The number of sulfonamides is 1. The normalized spacial score (nSPS) is 12.4. The molecule has 7 nitrogen and oxygen atoms in total. The van der Waals surface area contributed by atoms with Crippen LogP contribution in [0.5, 0.6) is 11.5 Å². The van der Waals surface area contributed by atoms with E-state index in [1.165, 1.54) is 4.31 Å². The van der Waals surface area contributed by atoms with E-state index in [1.807, 2.05) is 18.2 Å². The number of amides is 1. The molecule has 0 unspecified atom stereocenters. The molecule has 1 heterocycles. The highest BCUT2D eigenvalue weighted by Crippen LogP contribution is 2.32. The van der Waals surface area contributed by atoms with Crippen LogP contribution in [-0.4, -0.2) is 27.7 Å². The Labute approximate surface area is 181 Å². The van der Waals surface area contributed by atoms with E-state index >= 15 is 0 Å². The molecule has 0 aliphatic carbocycles. The first kappa shape index (κ1) is 20.7. The molecule has 0 fully saturated rings. The molecule has 3 aromatic carbocycles. The Morgan fingerprint density at radius 3 is 2.39 bits per heavy atom. The summed E-state index contributed by atoms with van der Waals surface area (Å²) >= 11 is 0. The molecule has 8 heteroatoms. The van der Waals surface area contributed by atoms with Crippen LogP contribution < -0.4 is 19.1 Å². The predicted molar refractivity (Wildman–Crippen MR) is 117 cm³/mol. The summed E-state index contributed by atoms with van der Waals surface area (Å²) in [6.07, 6.45) is 0. The van der Waals surface area contributed by atoms with Gasteiger partial charge in [0, 0.05) is 18.7 Å². The van der Waals surface area contributed by atoms with Gasteiger partial charge in [-0.25, -0.2) is 8.42 Å². The number of nitrogens with one attached hydrogen (secondary N) is 1. The third-order valence-corrected chi connectivity index (χ3v) is 6.84. The number of anilines is 1. The van der Waals surface area contributed by atoms with Crippen molar-refractivity contribution >= 4 is 21.6 Å². The quantitative estimate of drug-likeness (QED) is 0.610. The fourth-order valence-electron chi connectivity index (χ4n) is 3.33. The fraction of sp³-hybridized carbons (Fsp3) is 0.174. The molecule has 0 spiro atoms. The zero-order valence-electron chi connectivity index (χ0n) is 16.9. The van der Waals surface area contributed by atoms with Crippen LogP contribution in [0.15, 0.2) is 77.7 Å². The largest absolute Gasteiger partial charge is 0.454 e. The molecule has 4 rings (SSSR count). The first-order valence-electron chi connectivity index (χ1n) is 9.83. The van der Waals surface area contributed by atoms with Gasteiger partial charge in [0.2, 0.25) is 6.79 Å². The molecule has 3 aromatic rings. The van der Waals surface area contributed by atoms with E-state index in [-0.39, 0.29) is 24.1 Å². The number of benzene rings is 3. The molecular weight excluding hydrogens is 416 g/mol. The van der Waals surface area contributed by atoms with E-state index in [1.54, 1.807) is 61.5 Å². The minimum atomic E-state index is -3.68. The van der Waals surface area contributed by atoms with Gasteiger partial charge in [0.25, 0.3) is 15.9 Å². The topological polar surface area (TPSA) is 84.9 Å². The van der Waals surface area contributed by atoms with E-state index in [9.17, 15) is 13.2 Å². The standard InChI is InChI=1S/C23H22N2O5S/c1-2-25(31(27,28)20-6-4-3-5-7-20)19-11-9-18(10-12-19)23(26)24-15-17-8-13-21-22(14-17)30-16-29-21/h3-14H,2,15-16H2,1H3,(H,24,26). The van der Waals surface area contributed by atoms with E-state index in [4.69, 9.17) is 9.47 Å². The van der Waals surface area contributed by atoms with Crippen LogP contribution in [-0.2, 0) is 16.6 Å². The van der Waals surface area contributed by atoms with Gasteiger partial charge in [0.05, 0.1) is 10.6 Å². The Morgan fingerprint density at radius 1 is 0.968 bits per heavy atom. The van der Waals surface area contributed by atoms with Crippen LogP contribution in [0.4, 0.5) is 5.69 Å². The van der Waals surface area contributed by atoms with Gasteiger partial charge < -0.3 is 14.8 Å². The minimum Gasteiger partial charge on any atom is -0.454 e. The zero-order chi connectivity index (χ0) is 21.8. The first-order chi connectivity index (χ1) is 15.0. The monoisotopic (exact) mass is 438 g/mol.